The van der Waals surface area contributed by atoms with Crippen LogP contribution in [0.2, 0.25) is 0 Å². The molecule has 0 amide bonds. The lowest BCUT2D eigenvalue weighted by Crippen LogP contribution is -2.47. The van der Waals surface area contributed by atoms with Crippen molar-refractivity contribution in [2.45, 2.75) is 56.7 Å². The lowest BCUT2D eigenvalue weighted by atomic mass is 9.86. The third-order valence-corrected chi connectivity index (χ3v) is 6.32. The quantitative estimate of drug-likeness (QED) is 0.827. The van der Waals surface area contributed by atoms with Gasteiger partial charge in [0.25, 0.3) is 0 Å². The van der Waals surface area contributed by atoms with Crippen LogP contribution in [0.15, 0.2) is 0 Å². The molecule has 0 aromatic heterocycles. The second-order valence-corrected chi connectivity index (χ2v) is 8.03. The molecule has 1 N–H and O–H groups in total. The normalized spacial score (nSPS) is 41.6. The number of ether oxygens (including phenoxy) is 1. The van der Waals surface area contributed by atoms with Crippen molar-refractivity contribution in [3.05, 3.63) is 0 Å². The van der Waals surface area contributed by atoms with Crippen LogP contribution in [0.25, 0.3) is 0 Å². The molecule has 1 aliphatic carbocycles. The predicted octanol–water partition coefficient (Wildman–Crippen LogP) is 1.31. The van der Waals surface area contributed by atoms with Crippen molar-refractivity contribution in [2.75, 3.05) is 46.4 Å². The van der Waals surface area contributed by atoms with Crippen molar-refractivity contribution < 1.29 is 4.74 Å². The van der Waals surface area contributed by atoms with Gasteiger partial charge in [0.05, 0.1) is 6.61 Å². The Morgan fingerprint density at radius 1 is 1.14 bits per heavy atom. The molecule has 0 aromatic carbocycles. The van der Waals surface area contributed by atoms with E-state index in [-0.39, 0.29) is 0 Å². The van der Waals surface area contributed by atoms with Crippen LogP contribution in [-0.2, 0) is 4.74 Å². The van der Waals surface area contributed by atoms with Gasteiger partial charge >= 0.3 is 0 Å². The van der Waals surface area contributed by atoms with Gasteiger partial charge in [-0.3, -0.25) is 4.90 Å². The molecule has 4 aliphatic rings. The highest BCUT2D eigenvalue weighted by Gasteiger charge is 2.41. The summed E-state index contributed by atoms with van der Waals surface area (Å²) in [6, 6.07) is 2.46. The largest absolute Gasteiger partial charge is 0.381 e. The van der Waals surface area contributed by atoms with Crippen LogP contribution in [0, 0.1) is 5.41 Å². The van der Waals surface area contributed by atoms with E-state index in [4.69, 9.17) is 4.74 Å². The number of likely N-dealkylation sites (N-methyl/N-ethyl adjacent to an activating group) is 1. The van der Waals surface area contributed by atoms with Crippen LogP contribution in [0.1, 0.15) is 38.5 Å². The maximum Gasteiger partial charge on any atom is 0.0547 e. The van der Waals surface area contributed by atoms with Crippen LogP contribution in [0.5, 0.6) is 0 Å². The first-order valence-corrected chi connectivity index (χ1v) is 9.00. The highest BCUT2D eigenvalue weighted by Crippen LogP contribution is 2.34. The average molecular weight is 293 g/mol. The summed E-state index contributed by atoms with van der Waals surface area (Å²) in [6.45, 7) is 6.90. The van der Waals surface area contributed by atoms with E-state index in [1.54, 1.807) is 0 Å². The fourth-order valence-electron chi connectivity index (χ4n) is 4.61. The maximum atomic E-state index is 5.79. The van der Waals surface area contributed by atoms with Gasteiger partial charge in [0.15, 0.2) is 0 Å². The lowest BCUT2D eigenvalue weighted by Gasteiger charge is -2.35. The smallest absolute Gasteiger partial charge is 0.0547 e. The topological polar surface area (TPSA) is 27.7 Å². The Kier molecular flexibility index (Phi) is 3.99. The number of hydrogen-bond acceptors (Lipinski definition) is 4. The Balaban J connectivity index is 1.38. The van der Waals surface area contributed by atoms with E-state index >= 15 is 0 Å². The second-order valence-electron chi connectivity index (χ2n) is 8.03. The number of likely N-dealkylation sites (tertiary alicyclic amines) is 1. The second kappa shape index (κ2) is 5.80. The van der Waals surface area contributed by atoms with Crippen molar-refractivity contribution >= 4 is 0 Å². The molecule has 4 heteroatoms. The number of nitrogens with zero attached hydrogens (tertiary/aromatic N) is 2. The Bertz CT molecular complexity index is 365. The first-order chi connectivity index (χ1) is 10.2. The molecule has 4 fully saturated rings. The Morgan fingerprint density at radius 2 is 2.00 bits per heavy atom. The molecule has 4 rings (SSSR count). The molecule has 21 heavy (non-hydrogen) atoms. The van der Waals surface area contributed by atoms with Crippen LogP contribution in [0.3, 0.4) is 0 Å². The van der Waals surface area contributed by atoms with Gasteiger partial charge in [0.2, 0.25) is 0 Å². The molecule has 0 spiro atoms. The SMILES string of the molecule is CN1C2CCC1CN(CC1(CNC3CC3)CCOC1)CC2. The van der Waals surface area contributed by atoms with E-state index in [1.807, 2.05) is 0 Å². The number of fused-ring (bicyclic) bond motifs is 2. The predicted molar refractivity (Wildman–Crippen MR) is 84.5 cm³/mol. The van der Waals surface area contributed by atoms with Crippen LogP contribution in [0.4, 0.5) is 0 Å². The van der Waals surface area contributed by atoms with E-state index in [0.29, 0.717) is 5.41 Å². The van der Waals surface area contributed by atoms with Gasteiger partial charge in [-0.25, -0.2) is 0 Å². The van der Waals surface area contributed by atoms with Crippen LogP contribution in [-0.4, -0.2) is 74.4 Å². The van der Waals surface area contributed by atoms with Gasteiger partial charge in [0, 0.05) is 49.8 Å². The zero-order valence-electron chi connectivity index (χ0n) is 13.5. The van der Waals surface area contributed by atoms with Crippen molar-refractivity contribution in [3.8, 4) is 0 Å². The maximum absolute atomic E-state index is 5.79. The van der Waals surface area contributed by atoms with Gasteiger partial charge in [-0.15, -0.1) is 0 Å². The highest BCUT2D eigenvalue weighted by molar-refractivity contribution is 4.96. The molecule has 3 aliphatic heterocycles. The highest BCUT2D eigenvalue weighted by atomic mass is 16.5. The average Bonchev–Trinajstić information content (AvgIpc) is 3.12. The summed E-state index contributed by atoms with van der Waals surface area (Å²) in [4.78, 5) is 5.41. The minimum absolute atomic E-state index is 0.380. The van der Waals surface area contributed by atoms with Gasteiger partial charge < -0.3 is 15.0 Å². The molecule has 0 aromatic rings. The van der Waals surface area contributed by atoms with Gasteiger partial charge in [-0.05, 0) is 52.1 Å². The Morgan fingerprint density at radius 3 is 2.76 bits per heavy atom. The van der Waals surface area contributed by atoms with Crippen LogP contribution < -0.4 is 5.32 Å². The summed E-state index contributed by atoms with van der Waals surface area (Å²) >= 11 is 0. The van der Waals surface area contributed by atoms with E-state index in [1.165, 1.54) is 58.2 Å². The zero-order valence-corrected chi connectivity index (χ0v) is 13.5. The summed E-state index contributed by atoms with van der Waals surface area (Å²) in [7, 11) is 2.34. The molecule has 4 nitrogen and oxygen atoms in total. The molecule has 2 bridgehead atoms. The lowest BCUT2D eigenvalue weighted by molar-refractivity contribution is 0.102. The Hall–Kier alpha value is -0.160. The number of rotatable bonds is 5. The molecule has 1 saturated carbocycles. The fraction of sp³-hybridized carbons (Fsp3) is 1.00. The van der Waals surface area contributed by atoms with Crippen molar-refractivity contribution in [1.82, 2.24) is 15.1 Å². The first kappa shape index (κ1) is 14.4. The number of hydrogen-bond donors (Lipinski definition) is 1. The van der Waals surface area contributed by atoms with Gasteiger partial charge in [0.1, 0.15) is 0 Å². The summed E-state index contributed by atoms with van der Waals surface area (Å²) in [5.74, 6) is 0. The standard InChI is InChI=1S/C17H31N3O/c1-19-15-4-5-16(19)10-20(8-6-15)12-17(7-9-21-13-17)11-18-14-2-3-14/h14-16,18H,2-13H2,1H3. The molecular formula is C17H31N3O. The minimum atomic E-state index is 0.380. The third-order valence-electron chi connectivity index (χ3n) is 6.32. The molecule has 120 valence electrons. The molecule has 3 saturated heterocycles. The monoisotopic (exact) mass is 293 g/mol. The van der Waals surface area contributed by atoms with Gasteiger partial charge in [-0.2, -0.15) is 0 Å². The first-order valence-electron chi connectivity index (χ1n) is 9.00. The summed E-state index contributed by atoms with van der Waals surface area (Å²) in [5, 5.41) is 3.77. The summed E-state index contributed by atoms with van der Waals surface area (Å²) in [6.07, 6.45) is 8.20. The zero-order chi connectivity index (χ0) is 14.3. The van der Waals surface area contributed by atoms with Crippen LogP contribution >= 0.6 is 0 Å². The molecule has 0 radical (unpaired) electrons. The molecule has 3 unspecified atom stereocenters. The van der Waals surface area contributed by atoms with Crippen molar-refractivity contribution in [2.24, 2.45) is 5.41 Å². The molecule has 3 heterocycles. The summed E-state index contributed by atoms with van der Waals surface area (Å²) < 4.78 is 5.79. The molecule has 3 atom stereocenters. The van der Waals surface area contributed by atoms with E-state index in [2.05, 4.69) is 22.2 Å². The fourth-order valence-corrected chi connectivity index (χ4v) is 4.61. The number of nitrogens with one attached hydrogen (secondary N) is 1. The van der Waals surface area contributed by atoms with E-state index < -0.39 is 0 Å². The van der Waals surface area contributed by atoms with Crippen molar-refractivity contribution in [1.29, 1.82) is 0 Å². The Labute approximate surface area is 129 Å². The minimum Gasteiger partial charge on any atom is -0.381 e. The van der Waals surface area contributed by atoms with E-state index in [0.717, 1.165) is 37.9 Å². The van der Waals surface area contributed by atoms with Crippen molar-refractivity contribution in [3.63, 3.8) is 0 Å². The molecular weight excluding hydrogens is 262 g/mol. The summed E-state index contributed by atoms with van der Waals surface area (Å²) in [5.41, 5.74) is 0.380. The third kappa shape index (κ3) is 3.14. The van der Waals surface area contributed by atoms with Gasteiger partial charge in [-0.1, -0.05) is 0 Å². The van der Waals surface area contributed by atoms with E-state index in [9.17, 15) is 0 Å².